The molecule has 0 heterocycles. The van der Waals surface area contributed by atoms with Gasteiger partial charge in [0.25, 0.3) is 0 Å². The molecule has 3 N–H and O–H groups in total. The Morgan fingerprint density at radius 3 is 1.55 bits per heavy atom. The molecule has 0 bridgehead atoms. The summed E-state index contributed by atoms with van der Waals surface area (Å²) >= 11 is 0. The summed E-state index contributed by atoms with van der Waals surface area (Å²) in [5.74, 6) is -1.74. The largest absolute Gasteiger partial charge is 0.459 e. The lowest BCUT2D eigenvalue weighted by Gasteiger charge is -2.26. The number of carbonyl (C=O) groups is 4. The number of hydrogen-bond acceptors (Lipinski definition) is 6. The van der Waals surface area contributed by atoms with Crippen molar-refractivity contribution in [1.29, 1.82) is 0 Å². The number of esters is 1. The lowest BCUT2D eigenvalue weighted by atomic mass is 10.0. The van der Waals surface area contributed by atoms with Crippen molar-refractivity contribution < 1.29 is 28.7 Å². The van der Waals surface area contributed by atoms with Crippen molar-refractivity contribution in [2.45, 2.75) is 70.9 Å². The quantitative estimate of drug-likeness (QED) is 0.281. The second-order valence-electron chi connectivity index (χ2n) is 11.0. The van der Waals surface area contributed by atoms with Crippen molar-refractivity contribution in [2.75, 3.05) is 0 Å². The minimum atomic E-state index is -1.04. The molecule has 9 nitrogen and oxygen atoms in total. The lowest BCUT2D eigenvalue weighted by molar-refractivity contribution is -0.148. The van der Waals surface area contributed by atoms with Gasteiger partial charge in [0.05, 0.1) is 0 Å². The molecule has 3 atom stereocenters. The van der Waals surface area contributed by atoms with Crippen LogP contribution >= 0.6 is 0 Å². The van der Waals surface area contributed by atoms with Crippen LogP contribution in [0.4, 0.5) is 4.79 Å². The van der Waals surface area contributed by atoms with Gasteiger partial charge in [0.2, 0.25) is 11.8 Å². The van der Waals surface area contributed by atoms with Crippen LogP contribution in [0.5, 0.6) is 0 Å². The van der Waals surface area contributed by atoms with Gasteiger partial charge in [0.15, 0.2) is 0 Å². The molecule has 3 aromatic carbocycles. The molecule has 9 heteroatoms. The van der Waals surface area contributed by atoms with Crippen LogP contribution in [0.1, 0.15) is 44.4 Å². The molecule has 0 unspecified atom stereocenters. The summed E-state index contributed by atoms with van der Waals surface area (Å²) in [7, 11) is 0. The van der Waals surface area contributed by atoms with Crippen molar-refractivity contribution in [3.8, 4) is 0 Å². The van der Waals surface area contributed by atoms with Gasteiger partial charge >= 0.3 is 12.1 Å². The number of nitrogens with one attached hydrogen (secondary N) is 3. The molecule has 0 saturated carbocycles. The van der Waals surface area contributed by atoms with Gasteiger partial charge in [-0.25, -0.2) is 9.59 Å². The van der Waals surface area contributed by atoms with Gasteiger partial charge in [-0.2, -0.15) is 0 Å². The van der Waals surface area contributed by atoms with Crippen molar-refractivity contribution in [2.24, 2.45) is 0 Å². The minimum Gasteiger partial charge on any atom is -0.459 e. The Labute approximate surface area is 247 Å². The molecule has 3 amide bonds. The van der Waals surface area contributed by atoms with Gasteiger partial charge in [-0.1, -0.05) is 91.0 Å². The summed E-state index contributed by atoms with van der Waals surface area (Å²) in [6, 6.07) is 24.6. The normalized spacial score (nSPS) is 13.1. The number of benzene rings is 3. The molecule has 0 saturated heterocycles. The summed E-state index contributed by atoms with van der Waals surface area (Å²) in [5.41, 5.74) is 1.67. The standard InChI is InChI=1S/C33H39N3O6/c1-23(31(39)41-22-26-18-12-7-13-19-26)34-29(37)27(20-24-14-8-5-9-15-24)35-30(38)28(21-25-16-10-6-11-17-25)36-32(40)42-33(2,3)4/h5-19,23,27-28H,20-22H2,1-4H3,(H,34,37)(H,35,38)(H,36,40)/t23-,27-,28+/m0/s1. The van der Waals surface area contributed by atoms with Crippen LogP contribution in [0.15, 0.2) is 91.0 Å². The average molecular weight is 574 g/mol. The van der Waals surface area contributed by atoms with E-state index in [0.29, 0.717) is 0 Å². The van der Waals surface area contributed by atoms with Crippen molar-refractivity contribution >= 4 is 23.9 Å². The number of carbonyl (C=O) groups excluding carboxylic acids is 4. The third-order valence-corrected chi connectivity index (χ3v) is 6.14. The van der Waals surface area contributed by atoms with Crippen molar-refractivity contribution in [3.05, 3.63) is 108 Å². The van der Waals surface area contributed by atoms with Crippen LogP contribution in [0.2, 0.25) is 0 Å². The molecule has 0 radical (unpaired) electrons. The van der Waals surface area contributed by atoms with Gasteiger partial charge in [0, 0.05) is 12.8 Å². The topological polar surface area (TPSA) is 123 Å². The fourth-order valence-corrected chi connectivity index (χ4v) is 4.07. The number of alkyl carbamates (subject to hydrolysis) is 1. The first-order chi connectivity index (χ1) is 20.0. The number of rotatable bonds is 12. The predicted molar refractivity (Wildman–Crippen MR) is 159 cm³/mol. The van der Waals surface area contributed by atoms with Gasteiger partial charge in [0.1, 0.15) is 30.3 Å². The van der Waals surface area contributed by atoms with Crippen LogP contribution in [-0.2, 0) is 43.3 Å². The summed E-state index contributed by atoms with van der Waals surface area (Å²) in [6.07, 6.45) is -0.417. The highest BCUT2D eigenvalue weighted by atomic mass is 16.6. The SMILES string of the molecule is C[C@H](NC(=O)[C@H](Cc1ccccc1)NC(=O)[C@@H](Cc1ccccc1)NC(=O)OC(C)(C)C)C(=O)OCc1ccccc1. The highest BCUT2D eigenvalue weighted by molar-refractivity contribution is 5.93. The molecule has 0 aliphatic carbocycles. The minimum absolute atomic E-state index is 0.0710. The molecule has 0 fully saturated rings. The van der Waals surface area contributed by atoms with E-state index in [1.165, 1.54) is 6.92 Å². The van der Waals surface area contributed by atoms with E-state index in [1.54, 1.807) is 20.8 Å². The van der Waals surface area contributed by atoms with Crippen LogP contribution in [0.25, 0.3) is 0 Å². The predicted octanol–water partition coefficient (Wildman–Crippen LogP) is 4.10. The van der Waals surface area contributed by atoms with E-state index in [4.69, 9.17) is 9.47 Å². The van der Waals surface area contributed by atoms with E-state index in [9.17, 15) is 19.2 Å². The Morgan fingerprint density at radius 1 is 0.643 bits per heavy atom. The first-order valence-corrected chi connectivity index (χ1v) is 13.9. The highest BCUT2D eigenvalue weighted by Crippen LogP contribution is 2.10. The Morgan fingerprint density at radius 2 is 1.07 bits per heavy atom. The lowest BCUT2D eigenvalue weighted by Crippen LogP contribution is -2.57. The summed E-state index contributed by atoms with van der Waals surface area (Å²) < 4.78 is 10.7. The molecule has 3 aromatic rings. The van der Waals surface area contributed by atoms with E-state index in [1.807, 2.05) is 91.0 Å². The first-order valence-electron chi connectivity index (χ1n) is 13.9. The maximum Gasteiger partial charge on any atom is 0.408 e. The highest BCUT2D eigenvalue weighted by Gasteiger charge is 2.30. The van der Waals surface area contributed by atoms with Crippen LogP contribution in [-0.4, -0.2) is 47.6 Å². The smallest absolute Gasteiger partial charge is 0.408 e. The van der Waals surface area contributed by atoms with Gasteiger partial charge in [-0.05, 0) is 44.4 Å². The Balaban J connectivity index is 1.74. The van der Waals surface area contributed by atoms with Crippen LogP contribution in [0, 0.1) is 0 Å². The van der Waals surface area contributed by atoms with E-state index in [0.717, 1.165) is 16.7 Å². The number of ether oxygens (including phenoxy) is 2. The maximum absolute atomic E-state index is 13.6. The molecule has 0 spiro atoms. The Bertz CT molecular complexity index is 1310. The molecule has 3 rings (SSSR count). The Hall–Kier alpha value is -4.66. The van der Waals surface area contributed by atoms with E-state index < -0.39 is 47.6 Å². The van der Waals surface area contributed by atoms with Gasteiger partial charge < -0.3 is 25.4 Å². The second-order valence-corrected chi connectivity index (χ2v) is 11.0. The fraction of sp³-hybridized carbons (Fsp3) is 0.333. The zero-order valence-electron chi connectivity index (χ0n) is 24.5. The Kier molecular flexibility index (Phi) is 11.7. The summed E-state index contributed by atoms with van der Waals surface area (Å²) in [4.78, 5) is 52.2. The molecule has 222 valence electrons. The zero-order valence-corrected chi connectivity index (χ0v) is 24.5. The molecular weight excluding hydrogens is 534 g/mol. The first kappa shape index (κ1) is 31.9. The molecular formula is C33H39N3O6. The third-order valence-electron chi connectivity index (χ3n) is 6.14. The summed E-state index contributed by atoms with van der Waals surface area (Å²) in [6.45, 7) is 6.78. The van der Waals surface area contributed by atoms with Gasteiger partial charge in [-0.15, -0.1) is 0 Å². The molecule has 0 aliphatic heterocycles. The van der Waals surface area contributed by atoms with Crippen molar-refractivity contribution in [3.63, 3.8) is 0 Å². The molecule has 42 heavy (non-hydrogen) atoms. The monoisotopic (exact) mass is 573 g/mol. The maximum atomic E-state index is 13.6. The van der Waals surface area contributed by atoms with E-state index in [-0.39, 0.29) is 19.4 Å². The van der Waals surface area contributed by atoms with Crippen LogP contribution in [0.3, 0.4) is 0 Å². The summed E-state index contributed by atoms with van der Waals surface area (Å²) in [5, 5.41) is 8.09. The third kappa shape index (κ3) is 11.1. The number of hydrogen-bond donors (Lipinski definition) is 3. The molecule has 0 aromatic heterocycles. The van der Waals surface area contributed by atoms with Crippen molar-refractivity contribution in [1.82, 2.24) is 16.0 Å². The average Bonchev–Trinajstić information content (AvgIpc) is 2.95. The molecule has 0 aliphatic rings. The van der Waals surface area contributed by atoms with Crippen LogP contribution < -0.4 is 16.0 Å². The van der Waals surface area contributed by atoms with E-state index in [2.05, 4.69) is 16.0 Å². The second kappa shape index (κ2) is 15.4. The van der Waals surface area contributed by atoms with E-state index >= 15 is 0 Å². The van der Waals surface area contributed by atoms with Gasteiger partial charge in [-0.3, -0.25) is 9.59 Å². The zero-order chi connectivity index (χ0) is 30.5. The number of amides is 3. The fourth-order valence-electron chi connectivity index (χ4n) is 4.07.